The van der Waals surface area contributed by atoms with E-state index in [1.807, 2.05) is 0 Å². The molecule has 0 aromatic heterocycles. The first-order valence-electron chi connectivity index (χ1n) is 17.4. The quantitative estimate of drug-likeness (QED) is 0.0759. The van der Waals surface area contributed by atoms with Gasteiger partial charge in [0, 0.05) is 19.3 Å². The Hall–Kier alpha value is -6.16. The van der Waals surface area contributed by atoms with Crippen molar-refractivity contribution >= 4 is 35.5 Å². The fourth-order valence-electron chi connectivity index (χ4n) is 5.45. The highest BCUT2D eigenvalue weighted by atomic mass is 16.4. The second-order valence-corrected chi connectivity index (χ2v) is 13.1. The number of carbonyl (C=O) groups is 6. The van der Waals surface area contributed by atoms with Gasteiger partial charge >= 0.3 is 5.97 Å². The SMILES string of the molecule is CC[C@H](C)[C@H](NC(=O)[C@H](Cc1ccc(O)cc1)NC(=O)[C@H](Cc1ccc(O)cc1)NC(=O)[C@@H](N)Cc1ccc(O)cc1)C(=O)N[C@@H](CCC(=O)O)C(N)=O. The summed E-state index contributed by atoms with van der Waals surface area (Å²) in [6, 6.07) is 11.6. The fraction of sp³-hybridized carbons (Fsp3) is 0.368. The third-order valence-electron chi connectivity index (χ3n) is 8.85. The first-order chi connectivity index (χ1) is 25.6. The number of rotatable bonds is 20. The number of benzene rings is 3. The molecule has 3 aromatic carbocycles. The van der Waals surface area contributed by atoms with Crippen molar-refractivity contribution in [2.75, 3.05) is 0 Å². The Bertz CT molecular complexity index is 1750. The molecule has 0 spiro atoms. The van der Waals surface area contributed by atoms with Crippen LogP contribution in [0.25, 0.3) is 0 Å². The fourth-order valence-corrected chi connectivity index (χ4v) is 5.45. The topological polar surface area (TPSA) is 284 Å². The summed E-state index contributed by atoms with van der Waals surface area (Å²) in [5, 5.41) is 48.7. The minimum Gasteiger partial charge on any atom is -0.508 e. The number of nitrogens with two attached hydrogens (primary N) is 2. The number of carboxylic acids is 1. The van der Waals surface area contributed by atoms with Crippen molar-refractivity contribution < 1.29 is 49.2 Å². The molecule has 0 aliphatic rings. The molecule has 0 aliphatic heterocycles. The molecule has 0 unspecified atom stereocenters. The average Bonchev–Trinajstić information content (AvgIpc) is 3.13. The first-order valence-corrected chi connectivity index (χ1v) is 17.4. The molecule has 3 rings (SSSR count). The van der Waals surface area contributed by atoms with Crippen LogP contribution in [0, 0.1) is 5.92 Å². The molecule has 54 heavy (non-hydrogen) atoms. The zero-order valence-electron chi connectivity index (χ0n) is 30.0. The molecular weight excluding hydrogens is 700 g/mol. The summed E-state index contributed by atoms with van der Waals surface area (Å²) in [6.45, 7) is 3.45. The molecule has 3 aromatic rings. The summed E-state index contributed by atoms with van der Waals surface area (Å²) < 4.78 is 0. The number of hydrogen-bond acceptors (Lipinski definition) is 10. The monoisotopic (exact) mass is 748 g/mol. The van der Waals surface area contributed by atoms with Crippen LogP contribution in [0.1, 0.15) is 49.8 Å². The largest absolute Gasteiger partial charge is 0.508 e. The van der Waals surface area contributed by atoms with Crippen LogP contribution in [0.15, 0.2) is 72.8 Å². The Labute approximate surface area is 312 Å². The van der Waals surface area contributed by atoms with Crippen molar-refractivity contribution in [2.45, 2.75) is 82.6 Å². The van der Waals surface area contributed by atoms with Crippen molar-refractivity contribution in [1.29, 1.82) is 0 Å². The van der Waals surface area contributed by atoms with Crippen molar-refractivity contribution in [3.63, 3.8) is 0 Å². The van der Waals surface area contributed by atoms with Crippen LogP contribution < -0.4 is 32.7 Å². The standard InChI is InChI=1S/C38H48N6O10/c1-3-21(2)33(38(54)41-29(34(40)50)16-17-32(48)49)44-37(53)31(20-24-8-14-27(47)15-9-24)43-36(52)30(19-23-6-12-26(46)13-7-23)42-35(51)28(39)18-22-4-10-25(45)11-5-22/h4-15,21,28-31,33,45-47H,3,16-20,39H2,1-2H3,(H2,40,50)(H,41,54)(H,42,51)(H,43,52)(H,44,53)(H,48,49)/t21-,28-,29-,30-,31-,33-/m0/s1. The lowest BCUT2D eigenvalue weighted by molar-refractivity contribution is -0.138. The summed E-state index contributed by atoms with van der Waals surface area (Å²) >= 11 is 0. The van der Waals surface area contributed by atoms with Gasteiger partial charge in [-0.1, -0.05) is 56.7 Å². The lowest BCUT2D eigenvalue weighted by Gasteiger charge is -2.29. The highest BCUT2D eigenvalue weighted by molar-refractivity contribution is 5.96. The van der Waals surface area contributed by atoms with Gasteiger partial charge in [-0.2, -0.15) is 0 Å². The summed E-state index contributed by atoms with van der Waals surface area (Å²) in [6.07, 6.45) is -0.426. The van der Waals surface area contributed by atoms with E-state index in [0.29, 0.717) is 23.1 Å². The van der Waals surface area contributed by atoms with Crippen molar-refractivity contribution in [3.8, 4) is 17.2 Å². The molecular formula is C38H48N6O10. The maximum Gasteiger partial charge on any atom is 0.303 e. The summed E-state index contributed by atoms with van der Waals surface area (Å²) in [7, 11) is 0. The molecule has 290 valence electrons. The van der Waals surface area contributed by atoms with Gasteiger partial charge in [0.2, 0.25) is 29.5 Å². The highest BCUT2D eigenvalue weighted by Crippen LogP contribution is 2.16. The molecule has 0 saturated heterocycles. The number of primary amides is 1. The van der Waals surface area contributed by atoms with E-state index in [2.05, 4.69) is 21.3 Å². The molecule has 5 amide bonds. The summed E-state index contributed by atoms with van der Waals surface area (Å²) in [5.74, 6) is -5.72. The molecule has 12 N–H and O–H groups in total. The number of amides is 5. The molecule has 6 atom stereocenters. The van der Waals surface area contributed by atoms with E-state index in [4.69, 9.17) is 16.6 Å². The number of phenolic OH excluding ortho intramolecular Hbond substituents is 3. The molecule has 0 aliphatic carbocycles. The molecule has 16 heteroatoms. The van der Waals surface area contributed by atoms with Gasteiger partial charge in [0.15, 0.2) is 0 Å². The van der Waals surface area contributed by atoms with E-state index in [1.54, 1.807) is 50.2 Å². The van der Waals surface area contributed by atoms with E-state index in [-0.39, 0.29) is 42.9 Å². The average molecular weight is 749 g/mol. The third-order valence-corrected chi connectivity index (χ3v) is 8.85. The van der Waals surface area contributed by atoms with Gasteiger partial charge in [0.1, 0.15) is 41.4 Å². The number of carbonyl (C=O) groups excluding carboxylic acids is 5. The highest BCUT2D eigenvalue weighted by Gasteiger charge is 2.34. The van der Waals surface area contributed by atoms with Crippen LogP contribution in [-0.4, -0.2) is 86.1 Å². The molecule has 16 nitrogen and oxygen atoms in total. The zero-order chi connectivity index (χ0) is 39.9. The molecule has 0 radical (unpaired) electrons. The van der Waals surface area contributed by atoms with E-state index >= 15 is 0 Å². The van der Waals surface area contributed by atoms with Crippen molar-refractivity contribution in [3.05, 3.63) is 89.5 Å². The van der Waals surface area contributed by atoms with Gasteiger partial charge in [-0.3, -0.25) is 28.8 Å². The van der Waals surface area contributed by atoms with Crippen LogP contribution in [0.4, 0.5) is 0 Å². The van der Waals surface area contributed by atoms with Gasteiger partial charge in [-0.25, -0.2) is 0 Å². The number of nitrogens with one attached hydrogen (secondary N) is 4. The van der Waals surface area contributed by atoms with Crippen LogP contribution in [0.5, 0.6) is 17.2 Å². The Morgan fingerprint density at radius 2 is 0.981 bits per heavy atom. The van der Waals surface area contributed by atoms with Crippen LogP contribution in [0.2, 0.25) is 0 Å². The minimum atomic E-state index is -1.34. The second kappa shape index (κ2) is 20.2. The van der Waals surface area contributed by atoms with Gasteiger partial charge in [-0.15, -0.1) is 0 Å². The second-order valence-electron chi connectivity index (χ2n) is 13.1. The minimum absolute atomic E-state index is 0.0192. The Balaban J connectivity index is 1.90. The zero-order valence-corrected chi connectivity index (χ0v) is 30.0. The van der Waals surface area contributed by atoms with Crippen LogP contribution in [0.3, 0.4) is 0 Å². The Morgan fingerprint density at radius 1 is 0.593 bits per heavy atom. The predicted molar refractivity (Wildman–Crippen MR) is 197 cm³/mol. The lowest BCUT2D eigenvalue weighted by atomic mass is 9.96. The van der Waals surface area contributed by atoms with Crippen LogP contribution >= 0.6 is 0 Å². The van der Waals surface area contributed by atoms with Crippen LogP contribution in [-0.2, 0) is 48.0 Å². The van der Waals surface area contributed by atoms with Gasteiger partial charge in [0.25, 0.3) is 0 Å². The maximum absolute atomic E-state index is 14.0. The molecule has 0 heterocycles. The van der Waals surface area contributed by atoms with E-state index in [9.17, 15) is 44.1 Å². The maximum atomic E-state index is 14.0. The van der Waals surface area contributed by atoms with E-state index in [1.165, 1.54) is 36.4 Å². The van der Waals surface area contributed by atoms with E-state index < -0.39 is 78.1 Å². The number of aromatic hydroxyl groups is 3. The van der Waals surface area contributed by atoms with E-state index in [0.717, 1.165) is 0 Å². The number of aliphatic carboxylic acids is 1. The third kappa shape index (κ3) is 13.4. The van der Waals surface area contributed by atoms with Gasteiger partial charge in [0.05, 0.1) is 6.04 Å². The lowest BCUT2D eigenvalue weighted by Crippen LogP contribution is -2.60. The predicted octanol–water partition coefficient (Wildman–Crippen LogP) is 0.494. The van der Waals surface area contributed by atoms with Gasteiger partial charge < -0.3 is 53.2 Å². The smallest absolute Gasteiger partial charge is 0.303 e. The summed E-state index contributed by atoms with van der Waals surface area (Å²) in [4.78, 5) is 78.0. The first kappa shape index (κ1) is 42.3. The van der Waals surface area contributed by atoms with Crippen molar-refractivity contribution in [1.82, 2.24) is 21.3 Å². The Kier molecular flexibility index (Phi) is 15.8. The molecule has 0 saturated carbocycles. The Morgan fingerprint density at radius 3 is 1.39 bits per heavy atom. The molecule has 0 bridgehead atoms. The number of hydrogen-bond donors (Lipinski definition) is 10. The van der Waals surface area contributed by atoms with Gasteiger partial charge in [-0.05, 0) is 71.8 Å². The number of phenols is 3. The number of carboxylic acid groups (broad SMARTS) is 1. The normalized spacial score (nSPS) is 14.3. The summed E-state index contributed by atoms with van der Waals surface area (Å²) in [5.41, 5.74) is 13.4. The molecule has 0 fully saturated rings. The van der Waals surface area contributed by atoms with Crippen molar-refractivity contribution in [2.24, 2.45) is 17.4 Å².